The highest BCUT2D eigenvalue weighted by molar-refractivity contribution is 7.89. The molecule has 7 heteroatoms. The summed E-state index contributed by atoms with van der Waals surface area (Å²) in [5, 5.41) is 2.70. The van der Waals surface area contributed by atoms with E-state index in [1.807, 2.05) is 6.92 Å². The minimum Gasteiger partial charge on any atom is -0.352 e. The van der Waals surface area contributed by atoms with Gasteiger partial charge in [0.2, 0.25) is 10.0 Å². The van der Waals surface area contributed by atoms with E-state index in [2.05, 4.69) is 15.0 Å². The minimum atomic E-state index is -3.61. The highest BCUT2D eigenvalue weighted by Gasteiger charge is 2.13. The van der Waals surface area contributed by atoms with Crippen LogP contribution in [0.4, 0.5) is 0 Å². The standard InChI is InChI=1S/C15H17N3O3S/c1-2-17-15(19)13-6-3-5-12(9-13)10-18-22(20,21)14-7-4-8-16-11-14/h3-9,11,18H,2,10H2,1H3,(H,17,19). The third kappa shape index (κ3) is 4.12. The molecule has 0 fully saturated rings. The van der Waals surface area contributed by atoms with Crippen molar-refractivity contribution >= 4 is 15.9 Å². The van der Waals surface area contributed by atoms with Gasteiger partial charge in [-0.1, -0.05) is 12.1 Å². The molecule has 6 nitrogen and oxygen atoms in total. The Morgan fingerprint density at radius 1 is 1.23 bits per heavy atom. The first-order valence-electron chi connectivity index (χ1n) is 6.80. The number of carbonyl (C=O) groups is 1. The maximum Gasteiger partial charge on any atom is 0.251 e. The van der Waals surface area contributed by atoms with Crippen LogP contribution in [0, 0.1) is 0 Å². The molecule has 0 aliphatic rings. The Morgan fingerprint density at radius 3 is 2.73 bits per heavy atom. The highest BCUT2D eigenvalue weighted by Crippen LogP contribution is 2.09. The van der Waals surface area contributed by atoms with Gasteiger partial charge in [0.1, 0.15) is 4.90 Å². The van der Waals surface area contributed by atoms with Gasteiger partial charge >= 0.3 is 0 Å². The van der Waals surface area contributed by atoms with Gasteiger partial charge in [-0.05, 0) is 36.8 Å². The number of rotatable bonds is 6. The number of hydrogen-bond donors (Lipinski definition) is 2. The summed E-state index contributed by atoms with van der Waals surface area (Å²) in [6.45, 7) is 2.48. The first kappa shape index (κ1) is 16.1. The summed E-state index contributed by atoms with van der Waals surface area (Å²) in [4.78, 5) is 15.7. The van der Waals surface area contributed by atoms with Crippen LogP contribution in [0.5, 0.6) is 0 Å². The number of carbonyl (C=O) groups excluding carboxylic acids is 1. The minimum absolute atomic E-state index is 0.102. The summed E-state index contributed by atoms with van der Waals surface area (Å²) in [6.07, 6.45) is 2.79. The van der Waals surface area contributed by atoms with Crippen molar-refractivity contribution in [2.24, 2.45) is 0 Å². The summed E-state index contributed by atoms with van der Waals surface area (Å²) in [7, 11) is -3.61. The molecule has 0 saturated heterocycles. The summed E-state index contributed by atoms with van der Waals surface area (Å²) >= 11 is 0. The van der Waals surface area contributed by atoms with Gasteiger partial charge in [-0.2, -0.15) is 0 Å². The van der Waals surface area contributed by atoms with Crippen molar-refractivity contribution in [3.8, 4) is 0 Å². The van der Waals surface area contributed by atoms with Crippen LogP contribution in [0.15, 0.2) is 53.7 Å². The van der Waals surface area contributed by atoms with E-state index in [0.29, 0.717) is 17.7 Å². The predicted octanol–water partition coefficient (Wildman–Crippen LogP) is 1.31. The number of pyridine rings is 1. The van der Waals surface area contributed by atoms with Crippen LogP contribution in [0.2, 0.25) is 0 Å². The van der Waals surface area contributed by atoms with Gasteiger partial charge in [0.25, 0.3) is 5.91 Å². The summed E-state index contributed by atoms with van der Waals surface area (Å²) < 4.78 is 26.7. The molecule has 0 bridgehead atoms. The quantitative estimate of drug-likeness (QED) is 0.840. The molecular formula is C15H17N3O3S. The third-order valence-electron chi connectivity index (χ3n) is 2.94. The van der Waals surface area contributed by atoms with Crippen molar-refractivity contribution < 1.29 is 13.2 Å². The van der Waals surface area contributed by atoms with E-state index in [-0.39, 0.29) is 17.3 Å². The normalized spacial score (nSPS) is 11.1. The Morgan fingerprint density at radius 2 is 2.05 bits per heavy atom. The Bertz CT molecular complexity index is 746. The third-order valence-corrected chi connectivity index (χ3v) is 4.32. The number of nitrogens with one attached hydrogen (secondary N) is 2. The van der Waals surface area contributed by atoms with Gasteiger partial charge < -0.3 is 5.32 Å². The largest absolute Gasteiger partial charge is 0.352 e. The fourth-order valence-electron chi connectivity index (χ4n) is 1.85. The first-order chi connectivity index (χ1) is 10.5. The molecule has 0 atom stereocenters. The zero-order chi connectivity index (χ0) is 16.0. The molecule has 2 N–H and O–H groups in total. The molecule has 2 rings (SSSR count). The average Bonchev–Trinajstić information content (AvgIpc) is 2.54. The summed E-state index contributed by atoms with van der Waals surface area (Å²) in [5.74, 6) is -0.181. The van der Waals surface area contributed by atoms with E-state index in [9.17, 15) is 13.2 Å². The van der Waals surface area contributed by atoms with E-state index < -0.39 is 10.0 Å². The Hall–Kier alpha value is -2.25. The van der Waals surface area contributed by atoms with Crippen LogP contribution in [0.25, 0.3) is 0 Å². The van der Waals surface area contributed by atoms with Crippen LogP contribution in [-0.2, 0) is 16.6 Å². The number of amides is 1. The van der Waals surface area contributed by atoms with E-state index in [4.69, 9.17) is 0 Å². The van der Waals surface area contributed by atoms with Crippen molar-refractivity contribution in [2.45, 2.75) is 18.4 Å². The average molecular weight is 319 g/mol. The molecule has 0 aliphatic carbocycles. The van der Waals surface area contributed by atoms with Crippen LogP contribution < -0.4 is 10.0 Å². The van der Waals surface area contributed by atoms with Gasteiger partial charge in [-0.15, -0.1) is 0 Å². The molecule has 2 aromatic rings. The molecule has 0 radical (unpaired) electrons. The fourth-order valence-corrected chi connectivity index (χ4v) is 2.83. The van der Waals surface area contributed by atoms with Crippen LogP contribution >= 0.6 is 0 Å². The maximum atomic E-state index is 12.1. The van der Waals surface area contributed by atoms with Gasteiger partial charge in [-0.25, -0.2) is 13.1 Å². The molecule has 1 aromatic carbocycles. The van der Waals surface area contributed by atoms with Gasteiger partial charge in [0.15, 0.2) is 0 Å². The molecule has 0 spiro atoms. The second-order valence-electron chi connectivity index (χ2n) is 4.57. The Balaban J connectivity index is 2.09. The second-order valence-corrected chi connectivity index (χ2v) is 6.34. The maximum absolute atomic E-state index is 12.1. The molecule has 1 aromatic heterocycles. The number of hydrogen-bond acceptors (Lipinski definition) is 4. The van der Waals surface area contributed by atoms with E-state index in [0.717, 1.165) is 0 Å². The molecule has 1 amide bonds. The van der Waals surface area contributed by atoms with Crippen LogP contribution in [-0.4, -0.2) is 25.9 Å². The molecule has 0 saturated carbocycles. The number of aromatic nitrogens is 1. The fraction of sp³-hybridized carbons (Fsp3) is 0.200. The Kier molecular flexibility index (Phi) is 5.24. The predicted molar refractivity (Wildman–Crippen MR) is 82.7 cm³/mol. The van der Waals surface area contributed by atoms with Gasteiger partial charge in [0.05, 0.1) is 0 Å². The molecular weight excluding hydrogens is 302 g/mol. The SMILES string of the molecule is CCNC(=O)c1cccc(CNS(=O)(=O)c2cccnc2)c1. The molecule has 116 valence electrons. The first-order valence-corrected chi connectivity index (χ1v) is 8.28. The summed E-state index contributed by atoms with van der Waals surface area (Å²) in [6, 6.07) is 9.86. The van der Waals surface area contributed by atoms with Crippen molar-refractivity contribution in [2.75, 3.05) is 6.54 Å². The van der Waals surface area contributed by atoms with E-state index in [1.165, 1.54) is 18.5 Å². The Labute approximate surface area is 129 Å². The molecule has 0 aliphatic heterocycles. The van der Waals surface area contributed by atoms with Crippen molar-refractivity contribution in [3.63, 3.8) is 0 Å². The van der Waals surface area contributed by atoms with Crippen LogP contribution in [0.3, 0.4) is 0 Å². The van der Waals surface area contributed by atoms with Gasteiger partial charge in [0, 0.05) is 31.0 Å². The number of sulfonamides is 1. The van der Waals surface area contributed by atoms with Gasteiger partial charge in [-0.3, -0.25) is 9.78 Å². The van der Waals surface area contributed by atoms with E-state index >= 15 is 0 Å². The van der Waals surface area contributed by atoms with Crippen molar-refractivity contribution in [1.29, 1.82) is 0 Å². The molecule has 1 heterocycles. The van der Waals surface area contributed by atoms with Crippen LogP contribution in [0.1, 0.15) is 22.8 Å². The zero-order valence-corrected chi connectivity index (χ0v) is 12.9. The lowest BCUT2D eigenvalue weighted by molar-refractivity contribution is 0.0955. The monoisotopic (exact) mass is 319 g/mol. The lowest BCUT2D eigenvalue weighted by Crippen LogP contribution is -2.24. The lowest BCUT2D eigenvalue weighted by atomic mass is 10.1. The summed E-state index contributed by atoms with van der Waals surface area (Å²) in [5.41, 5.74) is 1.20. The number of nitrogens with zero attached hydrogens (tertiary/aromatic N) is 1. The zero-order valence-electron chi connectivity index (χ0n) is 12.1. The highest BCUT2D eigenvalue weighted by atomic mass is 32.2. The van der Waals surface area contributed by atoms with E-state index in [1.54, 1.807) is 30.3 Å². The van der Waals surface area contributed by atoms with Crippen molar-refractivity contribution in [1.82, 2.24) is 15.0 Å². The topological polar surface area (TPSA) is 88.2 Å². The molecule has 0 unspecified atom stereocenters. The second kappa shape index (κ2) is 7.15. The smallest absolute Gasteiger partial charge is 0.251 e. The molecule has 22 heavy (non-hydrogen) atoms. The number of benzene rings is 1. The van der Waals surface area contributed by atoms with Crippen molar-refractivity contribution in [3.05, 3.63) is 59.9 Å². The lowest BCUT2D eigenvalue weighted by Gasteiger charge is -2.08.